The van der Waals surface area contributed by atoms with E-state index in [0.717, 1.165) is 19.5 Å². The maximum Gasteiger partial charge on any atom is 0.225 e. The molecule has 1 atom stereocenters. The van der Waals surface area contributed by atoms with Crippen molar-refractivity contribution in [2.24, 2.45) is 0 Å². The molecule has 1 aromatic heterocycles. The van der Waals surface area contributed by atoms with E-state index in [4.69, 9.17) is 4.74 Å². The standard InChI is InChI=1S/C15H16FN3O/c16-13-9-17-15(18-10-13)19-6-7-20-14(11-19)8-12-4-2-1-3-5-12/h1-5,9-10,14H,6-8,11H2/t14-/m1/s1. The van der Waals surface area contributed by atoms with Crippen molar-refractivity contribution in [2.45, 2.75) is 12.5 Å². The summed E-state index contributed by atoms with van der Waals surface area (Å²) in [7, 11) is 0. The van der Waals surface area contributed by atoms with Crippen molar-refractivity contribution in [1.29, 1.82) is 0 Å². The van der Waals surface area contributed by atoms with Gasteiger partial charge >= 0.3 is 0 Å². The molecule has 2 aromatic rings. The second-order valence-electron chi connectivity index (χ2n) is 4.83. The molecule has 0 unspecified atom stereocenters. The number of rotatable bonds is 3. The summed E-state index contributed by atoms with van der Waals surface area (Å²) in [4.78, 5) is 10.1. The zero-order valence-electron chi connectivity index (χ0n) is 11.1. The lowest BCUT2D eigenvalue weighted by molar-refractivity contribution is 0.0405. The topological polar surface area (TPSA) is 38.2 Å². The highest BCUT2D eigenvalue weighted by atomic mass is 19.1. The third-order valence-corrected chi connectivity index (χ3v) is 3.33. The van der Waals surface area contributed by atoms with Gasteiger partial charge in [-0.15, -0.1) is 0 Å². The van der Waals surface area contributed by atoms with E-state index in [9.17, 15) is 4.39 Å². The molecular formula is C15H16FN3O. The van der Waals surface area contributed by atoms with Crippen molar-refractivity contribution < 1.29 is 9.13 Å². The molecule has 0 aliphatic carbocycles. The highest BCUT2D eigenvalue weighted by molar-refractivity contribution is 5.30. The van der Waals surface area contributed by atoms with Gasteiger partial charge in [-0.2, -0.15) is 0 Å². The van der Waals surface area contributed by atoms with Crippen LogP contribution in [0.1, 0.15) is 5.56 Å². The monoisotopic (exact) mass is 273 g/mol. The summed E-state index contributed by atoms with van der Waals surface area (Å²) >= 11 is 0. The minimum absolute atomic E-state index is 0.111. The molecule has 104 valence electrons. The van der Waals surface area contributed by atoms with Gasteiger partial charge in [0.05, 0.1) is 25.1 Å². The molecule has 1 aliphatic heterocycles. The van der Waals surface area contributed by atoms with Crippen LogP contribution in [0.25, 0.3) is 0 Å². The highest BCUT2D eigenvalue weighted by Gasteiger charge is 2.22. The van der Waals surface area contributed by atoms with Crippen molar-refractivity contribution in [3.63, 3.8) is 0 Å². The van der Waals surface area contributed by atoms with Crippen molar-refractivity contribution in [3.05, 3.63) is 54.1 Å². The molecule has 4 nitrogen and oxygen atoms in total. The van der Waals surface area contributed by atoms with Crippen LogP contribution in [0.4, 0.5) is 10.3 Å². The minimum atomic E-state index is -0.414. The van der Waals surface area contributed by atoms with Crippen LogP contribution in [-0.4, -0.2) is 35.8 Å². The predicted molar refractivity (Wildman–Crippen MR) is 74.1 cm³/mol. The SMILES string of the molecule is Fc1cnc(N2CCO[C@H](Cc3ccccc3)C2)nc1. The first-order chi connectivity index (χ1) is 9.81. The van der Waals surface area contributed by atoms with Crippen molar-refractivity contribution in [3.8, 4) is 0 Å². The van der Waals surface area contributed by atoms with E-state index < -0.39 is 5.82 Å². The number of nitrogens with zero attached hydrogens (tertiary/aromatic N) is 3. The van der Waals surface area contributed by atoms with Gasteiger partial charge in [0, 0.05) is 19.5 Å². The van der Waals surface area contributed by atoms with E-state index in [-0.39, 0.29) is 6.10 Å². The quantitative estimate of drug-likeness (QED) is 0.858. The van der Waals surface area contributed by atoms with Gasteiger partial charge in [0.2, 0.25) is 5.95 Å². The van der Waals surface area contributed by atoms with E-state index >= 15 is 0 Å². The van der Waals surface area contributed by atoms with Gasteiger partial charge in [-0.25, -0.2) is 14.4 Å². The molecule has 1 aliphatic rings. The maximum absolute atomic E-state index is 12.8. The van der Waals surface area contributed by atoms with Gasteiger partial charge < -0.3 is 9.64 Å². The Hall–Kier alpha value is -2.01. The summed E-state index contributed by atoms with van der Waals surface area (Å²) in [6.07, 6.45) is 3.37. The lowest BCUT2D eigenvalue weighted by atomic mass is 10.1. The van der Waals surface area contributed by atoms with E-state index in [0.29, 0.717) is 12.6 Å². The summed E-state index contributed by atoms with van der Waals surface area (Å²) < 4.78 is 18.6. The van der Waals surface area contributed by atoms with Gasteiger partial charge in [-0.1, -0.05) is 30.3 Å². The predicted octanol–water partition coefficient (Wildman–Crippen LogP) is 2.06. The normalized spacial score (nSPS) is 19.1. The number of ether oxygens (including phenoxy) is 1. The Morgan fingerprint density at radius 3 is 2.70 bits per heavy atom. The summed E-state index contributed by atoms with van der Waals surface area (Å²) in [5.41, 5.74) is 1.25. The van der Waals surface area contributed by atoms with Crippen LogP contribution < -0.4 is 4.90 Å². The third-order valence-electron chi connectivity index (χ3n) is 3.33. The van der Waals surface area contributed by atoms with Crippen LogP contribution in [0, 0.1) is 5.82 Å². The average molecular weight is 273 g/mol. The minimum Gasteiger partial charge on any atom is -0.374 e. The molecule has 0 N–H and O–H groups in total. The fourth-order valence-corrected chi connectivity index (χ4v) is 2.37. The van der Waals surface area contributed by atoms with Crippen LogP contribution in [0.2, 0.25) is 0 Å². The number of aromatic nitrogens is 2. The van der Waals surface area contributed by atoms with E-state index in [1.54, 1.807) is 0 Å². The number of benzene rings is 1. The smallest absolute Gasteiger partial charge is 0.225 e. The molecule has 0 saturated carbocycles. The van der Waals surface area contributed by atoms with Gasteiger partial charge in [0.15, 0.2) is 5.82 Å². The van der Waals surface area contributed by atoms with Crippen LogP contribution in [0.15, 0.2) is 42.7 Å². The summed E-state index contributed by atoms with van der Waals surface area (Å²) in [5, 5.41) is 0. The van der Waals surface area contributed by atoms with Gasteiger partial charge in [-0.05, 0) is 5.56 Å². The summed E-state index contributed by atoms with van der Waals surface area (Å²) in [5.74, 6) is 0.149. The summed E-state index contributed by atoms with van der Waals surface area (Å²) in [6, 6.07) is 10.2. The van der Waals surface area contributed by atoms with Crippen LogP contribution in [0.5, 0.6) is 0 Å². The van der Waals surface area contributed by atoms with E-state index in [1.165, 1.54) is 18.0 Å². The largest absolute Gasteiger partial charge is 0.374 e. The van der Waals surface area contributed by atoms with Gasteiger partial charge in [-0.3, -0.25) is 0 Å². The fraction of sp³-hybridized carbons (Fsp3) is 0.333. The molecule has 3 rings (SSSR count). The molecule has 0 radical (unpaired) electrons. The average Bonchev–Trinajstić information content (AvgIpc) is 2.49. The first kappa shape index (κ1) is 13.0. The second kappa shape index (κ2) is 5.96. The molecule has 5 heteroatoms. The third kappa shape index (κ3) is 3.11. The number of hydrogen-bond donors (Lipinski definition) is 0. The van der Waals surface area contributed by atoms with Crippen molar-refractivity contribution in [2.75, 3.05) is 24.6 Å². The lowest BCUT2D eigenvalue weighted by Gasteiger charge is -2.33. The van der Waals surface area contributed by atoms with Crippen molar-refractivity contribution >= 4 is 5.95 Å². The van der Waals surface area contributed by atoms with Gasteiger partial charge in [0.25, 0.3) is 0 Å². The number of hydrogen-bond acceptors (Lipinski definition) is 4. The Bertz CT molecular complexity index is 547. The lowest BCUT2D eigenvalue weighted by Crippen LogP contribution is -2.44. The van der Waals surface area contributed by atoms with Gasteiger partial charge in [0.1, 0.15) is 0 Å². The molecule has 1 fully saturated rings. The summed E-state index contributed by atoms with van der Waals surface area (Å²) in [6.45, 7) is 2.09. The molecule has 2 heterocycles. The zero-order chi connectivity index (χ0) is 13.8. The van der Waals surface area contributed by atoms with Crippen molar-refractivity contribution in [1.82, 2.24) is 9.97 Å². The highest BCUT2D eigenvalue weighted by Crippen LogP contribution is 2.15. The Morgan fingerprint density at radius 2 is 1.95 bits per heavy atom. The molecule has 20 heavy (non-hydrogen) atoms. The molecule has 0 bridgehead atoms. The molecule has 0 spiro atoms. The Morgan fingerprint density at radius 1 is 1.20 bits per heavy atom. The first-order valence-electron chi connectivity index (χ1n) is 6.69. The Balaban J connectivity index is 1.66. The Labute approximate surface area is 117 Å². The van der Waals surface area contributed by atoms with Crippen LogP contribution in [0.3, 0.4) is 0 Å². The van der Waals surface area contributed by atoms with Crippen LogP contribution in [-0.2, 0) is 11.2 Å². The maximum atomic E-state index is 12.8. The van der Waals surface area contributed by atoms with E-state index in [2.05, 4.69) is 22.1 Å². The number of halogens is 1. The first-order valence-corrected chi connectivity index (χ1v) is 6.69. The molecular weight excluding hydrogens is 257 g/mol. The molecule has 0 amide bonds. The molecule has 1 saturated heterocycles. The second-order valence-corrected chi connectivity index (χ2v) is 4.83. The zero-order valence-corrected chi connectivity index (χ0v) is 11.1. The molecule has 1 aromatic carbocycles. The number of morpholine rings is 1. The fourth-order valence-electron chi connectivity index (χ4n) is 2.37. The van der Waals surface area contributed by atoms with Crippen LogP contribution >= 0.6 is 0 Å². The Kier molecular flexibility index (Phi) is 3.87. The number of anilines is 1. The van der Waals surface area contributed by atoms with E-state index in [1.807, 2.05) is 23.1 Å².